The molecule has 1 N–H and O–H groups in total. The van der Waals surface area contributed by atoms with Crippen LogP contribution in [0.1, 0.15) is 13.8 Å². The van der Waals surface area contributed by atoms with Crippen molar-refractivity contribution in [1.29, 1.82) is 0 Å². The fourth-order valence-electron chi connectivity index (χ4n) is 2.31. The maximum Gasteiger partial charge on any atom is 0.279 e. The van der Waals surface area contributed by atoms with Gasteiger partial charge in [-0.2, -0.15) is 17.4 Å². The lowest BCUT2D eigenvalue weighted by Gasteiger charge is -2.34. The Morgan fingerprint density at radius 1 is 1.36 bits per heavy atom. The highest BCUT2D eigenvalue weighted by Crippen LogP contribution is 2.14. The van der Waals surface area contributed by atoms with E-state index in [4.69, 9.17) is 9.47 Å². The smallest absolute Gasteiger partial charge is 0.279 e. The number of hydrogen-bond donors (Lipinski definition) is 1. The van der Waals surface area contributed by atoms with Gasteiger partial charge in [-0.1, -0.05) is 6.07 Å². The molecule has 2 atom stereocenters. The summed E-state index contributed by atoms with van der Waals surface area (Å²) >= 11 is 0. The number of benzene rings is 1. The third-order valence-corrected chi connectivity index (χ3v) is 4.72. The highest BCUT2D eigenvalue weighted by molar-refractivity contribution is 7.87. The first kappa shape index (κ1) is 17.1. The molecule has 1 aliphatic rings. The fourth-order valence-corrected chi connectivity index (χ4v) is 3.65. The van der Waals surface area contributed by atoms with Gasteiger partial charge >= 0.3 is 0 Å². The van der Waals surface area contributed by atoms with E-state index in [0.29, 0.717) is 18.8 Å². The van der Waals surface area contributed by atoms with Gasteiger partial charge in [0.15, 0.2) is 0 Å². The molecule has 6 nitrogen and oxygen atoms in total. The summed E-state index contributed by atoms with van der Waals surface area (Å²) < 4.78 is 52.0. The van der Waals surface area contributed by atoms with Gasteiger partial charge in [-0.05, 0) is 26.0 Å². The monoisotopic (exact) mass is 332 g/mol. The second-order valence-corrected chi connectivity index (χ2v) is 7.03. The van der Waals surface area contributed by atoms with E-state index in [1.807, 2.05) is 13.8 Å². The standard InChI is InChI=1S/C14H21FN2O4S/c1-11-9-17(10-12(2)21-11)22(18,19)16-6-7-20-14-5-3-4-13(15)8-14/h3-5,8,11-12,16H,6-7,9-10H2,1-2H3/t11-,12-/m0/s1. The predicted octanol–water partition coefficient (Wildman–Crippen LogP) is 1.15. The van der Waals surface area contributed by atoms with Crippen LogP contribution in [0.2, 0.25) is 0 Å². The fraction of sp³-hybridized carbons (Fsp3) is 0.571. The Bertz CT molecular complexity index is 586. The third-order valence-electron chi connectivity index (χ3n) is 3.18. The Kier molecular flexibility index (Phi) is 5.74. The van der Waals surface area contributed by atoms with E-state index >= 15 is 0 Å². The van der Waals surface area contributed by atoms with E-state index < -0.39 is 16.0 Å². The molecule has 1 aliphatic heterocycles. The van der Waals surface area contributed by atoms with Crippen LogP contribution in [0.25, 0.3) is 0 Å². The molecule has 0 amide bonds. The van der Waals surface area contributed by atoms with Crippen molar-refractivity contribution < 1.29 is 22.3 Å². The number of morpholine rings is 1. The first-order chi connectivity index (χ1) is 10.4. The zero-order valence-electron chi connectivity index (χ0n) is 12.7. The minimum atomic E-state index is -3.56. The average Bonchev–Trinajstić information content (AvgIpc) is 2.43. The molecule has 124 valence electrons. The van der Waals surface area contributed by atoms with Gasteiger partial charge in [0.05, 0.1) is 12.2 Å². The largest absolute Gasteiger partial charge is 0.492 e. The summed E-state index contributed by atoms with van der Waals surface area (Å²) in [5.74, 6) is -0.0258. The van der Waals surface area contributed by atoms with E-state index in [9.17, 15) is 12.8 Å². The van der Waals surface area contributed by atoms with Crippen molar-refractivity contribution in [3.63, 3.8) is 0 Å². The lowest BCUT2D eigenvalue weighted by atomic mass is 10.3. The topological polar surface area (TPSA) is 67.9 Å². The van der Waals surface area contributed by atoms with Crippen LogP contribution in [0.3, 0.4) is 0 Å². The molecule has 1 fully saturated rings. The van der Waals surface area contributed by atoms with Crippen molar-refractivity contribution >= 4 is 10.2 Å². The molecule has 0 unspecified atom stereocenters. The molecule has 2 rings (SSSR count). The normalized spacial score (nSPS) is 23.4. The Morgan fingerprint density at radius 2 is 2.05 bits per heavy atom. The Hall–Kier alpha value is -1.22. The SMILES string of the molecule is C[C@H]1CN(S(=O)(=O)NCCOc2cccc(F)c2)C[C@H](C)O1. The number of hydrogen-bond acceptors (Lipinski definition) is 4. The summed E-state index contributed by atoms with van der Waals surface area (Å²) in [4.78, 5) is 0. The minimum absolute atomic E-state index is 0.110. The van der Waals surface area contributed by atoms with Crippen molar-refractivity contribution in [3.8, 4) is 5.75 Å². The number of nitrogens with one attached hydrogen (secondary N) is 1. The van der Waals surface area contributed by atoms with E-state index in [1.54, 1.807) is 6.07 Å². The molecule has 1 saturated heterocycles. The maximum absolute atomic E-state index is 13.0. The van der Waals surface area contributed by atoms with Gasteiger partial charge in [-0.25, -0.2) is 4.39 Å². The van der Waals surface area contributed by atoms with Crippen molar-refractivity contribution in [1.82, 2.24) is 9.03 Å². The number of ether oxygens (including phenoxy) is 2. The first-order valence-electron chi connectivity index (χ1n) is 7.15. The highest BCUT2D eigenvalue weighted by Gasteiger charge is 2.30. The molecule has 0 bridgehead atoms. The van der Waals surface area contributed by atoms with Crippen LogP contribution in [0.5, 0.6) is 5.75 Å². The summed E-state index contributed by atoms with van der Waals surface area (Å²) in [6, 6.07) is 5.71. The van der Waals surface area contributed by atoms with Crippen LogP contribution in [-0.4, -0.2) is 51.2 Å². The second kappa shape index (κ2) is 7.36. The Morgan fingerprint density at radius 3 is 2.68 bits per heavy atom. The number of nitrogens with zero attached hydrogens (tertiary/aromatic N) is 1. The van der Waals surface area contributed by atoms with E-state index in [1.165, 1.54) is 22.5 Å². The Balaban J connectivity index is 1.80. The quantitative estimate of drug-likeness (QED) is 0.794. The second-order valence-electron chi connectivity index (χ2n) is 5.28. The molecule has 0 spiro atoms. The predicted molar refractivity (Wildman–Crippen MR) is 80.4 cm³/mol. The van der Waals surface area contributed by atoms with Gasteiger partial charge in [0.2, 0.25) is 0 Å². The summed E-state index contributed by atoms with van der Waals surface area (Å²) in [5, 5.41) is 0. The summed E-state index contributed by atoms with van der Waals surface area (Å²) in [6.07, 6.45) is -0.271. The lowest BCUT2D eigenvalue weighted by Crippen LogP contribution is -2.52. The third kappa shape index (κ3) is 4.91. The molecular weight excluding hydrogens is 311 g/mol. The number of halogens is 1. The average molecular weight is 332 g/mol. The maximum atomic E-state index is 13.0. The molecule has 1 aromatic rings. The van der Waals surface area contributed by atoms with Crippen LogP contribution < -0.4 is 9.46 Å². The van der Waals surface area contributed by atoms with Gasteiger partial charge < -0.3 is 9.47 Å². The summed E-state index contributed by atoms with van der Waals surface area (Å²) in [5.41, 5.74) is 0. The highest BCUT2D eigenvalue weighted by atomic mass is 32.2. The van der Waals surface area contributed by atoms with Crippen molar-refractivity contribution in [2.24, 2.45) is 0 Å². The van der Waals surface area contributed by atoms with Gasteiger partial charge in [0, 0.05) is 25.7 Å². The van der Waals surface area contributed by atoms with Crippen LogP contribution in [0.4, 0.5) is 4.39 Å². The van der Waals surface area contributed by atoms with Crippen LogP contribution >= 0.6 is 0 Å². The molecule has 8 heteroatoms. The molecule has 22 heavy (non-hydrogen) atoms. The van der Waals surface area contributed by atoms with Crippen molar-refractivity contribution in [2.75, 3.05) is 26.2 Å². The van der Waals surface area contributed by atoms with Crippen molar-refractivity contribution in [3.05, 3.63) is 30.1 Å². The molecule has 1 heterocycles. The van der Waals surface area contributed by atoms with Gasteiger partial charge in [0.1, 0.15) is 18.2 Å². The molecule has 0 radical (unpaired) electrons. The van der Waals surface area contributed by atoms with E-state index in [2.05, 4.69) is 4.72 Å². The first-order valence-corrected chi connectivity index (χ1v) is 8.59. The van der Waals surface area contributed by atoms with Crippen molar-refractivity contribution in [2.45, 2.75) is 26.1 Å². The Labute approximate surface area is 130 Å². The molecule has 0 aliphatic carbocycles. The van der Waals surface area contributed by atoms with Gasteiger partial charge in [-0.3, -0.25) is 0 Å². The van der Waals surface area contributed by atoms with E-state index in [-0.39, 0.29) is 25.4 Å². The summed E-state index contributed by atoms with van der Waals surface area (Å²) in [6.45, 7) is 4.56. The number of rotatable bonds is 6. The zero-order valence-corrected chi connectivity index (χ0v) is 13.5. The summed E-state index contributed by atoms with van der Waals surface area (Å²) in [7, 11) is -3.56. The van der Waals surface area contributed by atoms with E-state index in [0.717, 1.165) is 0 Å². The van der Waals surface area contributed by atoms with Crippen LogP contribution in [-0.2, 0) is 14.9 Å². The lowest BCUT2D eigenvalue weighted by molar-refractivity contribution is -0.0444. The minimum Gasteiger partial charge on any atom is -0.492 e. The van der Waals surface area contributed by atoms with Crippen LogP contribution in [0.15, 0.2) is 24.3 Å². The van der Waals surface area contributed by atoms with Gasteiger partial charge in [0.25, 0.3) is 10.2 Å². The van der Waals surface area contributed by atoms with Crippen LogP contribution in [0, 0.1) is 5.82 Å². The molecular formula is C14H21FN2O4S. The zero-order chi connectivity index (χ0) is 16.2. The molecule has 1 aromatic carbocycles. The molecule has 0 saturated carbocycles. The van der Waals surface area contributed by atoms with Gasteiger partial charge in [-0.15, -0.1) is 0 Å². The molecule has 0 aromatic heterocycles.